The summed E-state index contributed by atoms with van der Waals surface area (Å²) in [4.78, 5) is 16.3. The van der Waals surface area contributed by atoms with Crippen molar-refractivity contribution in [2.24, 2.45) is 0 Å². The highest BCUT2D eigenvalue weighted by Crippen LogP contribution is 2.27. The van der Waals surface area contributed by atoms with Gasteiger partial charge in [0.05, 0.1) is 5.69 Å². The Morgan fingerprint density at radius 2 is 2.13 bits per heavy atom. The smallest absolute Gasteiger partial charge is 0.150 e. The normalized spacial score (nSPS) is 10.3. The topological polar surface area (TPSA) is 30.0 Å². The number of rotatable bonds is 2. The van der Waals surface area contributed by atoms with E-state index in [9.17, 15) is 4.79 Å². The Hall–Kier alpha value is -1.48. The Bertz CT molecular complexity index is 483. The largest absolute Gasteiger partial charge is 0.298 e. The Morgan fingerprint density at radius 3 is 2.73 bits per heavy atom. The van der Waals surface area contributed by atoms with Crippen molar-refractivity contribution >= 4 is 17.6 Å². The maximum absolute atomic E-state index is 10.6. The fourth-order valence-corrected chi connectivity index (χ4v) is 2.25. The van der Waals surface area contributed by atoms with E-state index in [0.717, 1.165) is 22.6 Å². The predicted molar refractivity (Wildman–Crippen MR) is 62.4 cm³/mol. The molecule has 2 nitrogen and oxygen atoms in total. The third-order valence-corrected chi connectivity index (χ3v) is 3.42. The summed E-state index contributed by atoms with van der Waals surface area (Å²) < 4.78 is 0. The van der Waals surface area contributed by atoms with E-state index in [1.54, 1.807) is 17.4 Å². The lowest BCUT2D eigenvalue weighted by atomic mass is 10.1. The molecule has 15 heavy (non-hydrogen) atoms. The van der Waals surface area contributed by atoms with E-state index < -0.39 is 0 Å². The van der Waals surface area contributed by atoms with E-state index in [1.165, 1.54) is 4.88 Å². The van der Waals surface area contributed by atoms with Crippen molar-refractivity contribution in [2.75, 3.05) is 0 Å². The van der Waals surface area contributed by atoms with Crippen molar-refractivity contribution in [1.29, 1.82) is 0 Å². The molecule has 0 N–H and O–H groups in total. The summed E-state index contributed by atoms with van der Waals surface area (Å²) in [6.07, 6.45) is 0.858. The Balaban J connectivity index is 2.48. The second kappa shape index (κ2) is 3.95. The van der Waals surface area contributed by atoms with Crippen LogP contribution in [0.1, 0.15) is 20.9 Å². The first kappa shape index (κ1) is 10.1. The van der Waals surface area contributed by atoms with E-state index >= 15 is 0 Å². The van der Waals surface area contributed by atoms with Crippen LogP contribution in [0.4, 0.5) is 0 Å². The molecule has 0 aliphatic rings. The summed E-state index contributed by atoms with van der Waals surface area (Å²) >= 11 is 1.66. The quantitative estimate of drug-likeness (QED) is 0.723. The zero-order valence-corrected chi connectivity index (χ0v) is 9.47. The number of aromatic nitrogens is 1. The molecular formula is C12H11NOS. The predicted octanol–water partition coefficient (Wildman–Crippen LogP) is 3.24. The zero-order chi connectivity index (χ0) is 10.8. The molecule has 76 valence electrons. The molecule has 0 saturated carbocycles. The van der Waals surface area contributed by atoms with Crippen LogP contribution in [0.2, 0.25) is 0 Å². The average molecular weight is 217 g/mol. The number of aldehydes is 1. The Labute approximate surface area is 92.6 Å². The first-order valence-corrected chi connectivity index (χ1v) is 5.52. The third kappa shape index (κ3) is 1.97. The van der Waals surface area contributed by atoms with Crippen LogP contribution in [0.3, 0.4) is 0 Å². The zero-order valence-electron chi connectivity index (χ0n) is 8.65. The number of nitrogens with zero attached hydrogens (tertiary/aromatic N) is 1. The summed E-state index contributed by atoms with van der Waals surface area (Å²) in [5, 5.41) is 0.980. The lowest BCUT2D eigenvalue weighted by molar-refractivity contribution is 0.112. The summed E-state index contributed by atoms with van der Waals surface area (Å²) in [5.41, 5.74) is 2.77. The van der Waals surface area contributed by atoms with Crippen LogP contribution in [0.25, 0.3) is 10.6 Å². The maximum atomic E-state index is 10.6. The molecule has 0 unspecified atom stereocenters. The number of thiazole rings is 1. The highest BCUT2D eigenvalue weighted by Gasteiger charge is 2.06. The van der Waals surface area contributed by atoms with Crippen LogP contribution in [-0.2, 0) is 0 Å². The summed E-state index contributed by atoms with van der Waals surface area (Å²) in [5.74, 6) is 0. The van der Waals surface area contributed by atoms with Crippen LogP contribution in [-0.4, -0.2) is 11.3 Å². The first-order valence-electron chi connectivity index (χ1n) is 4.70. The van der Waals surface area contributed by atoms with Crippen molar-refractivity contribution in [3.05, 3.63) is 40.4 Å². The fourth-order valence-electron chi connectivity index (χ4n) is 1.34. The average Bonchev–Trinajstić information content (AvgIpc) is 2.59. The molecule has 3 heteroatoms. The standard InChI is InChI=1S/C12H11NOS/c1-8-9(2)15-12(13-8)11-5-3-4-10(6-11)7-14/h3-7H,1-2H3. The minimum Gasteiger partial charge on any atom is -0.298 e. The van der Waals surface area contributed by atoms with Gasteiger partial charge in [-0.2, -0.15) is 0 Å². The molecule has 2 rings (SSSR count). The molecule has 2 aromatic rings. The molecule has 1 aromatic carbocycles. The summed E-state index contributed by atoms with van der Waals surface area (Å²) in [6.45, 7) is 4.05. The second-order valence-corrected chi connectivity index (χ2v) is 4.61. The van der Waals surface area contributed by atoms with Crippen molar-refractivity contribution < 1.29 is 4.79 Å². The molecule has 0 amide bonds. The number of hydrogen-bond donors (Lipinski definition) is 0. The van der Waals surface area contributed by atoms with E-state index in [0.29, 0.717) is 5.56 Å². The van der Waals surface area contributed by atoms with Gasteiger partial charge in [-0.15, -0.1) is 11.3 Å². The van der Waals surface area contributed by atoms with Crippen LogP contribution in [0, 0.1) is 13.8 Å². The van der Waals surface area contributed by atoms with E-state index in [4.69, 9.17) is 0 Å². The first-order chi connectivity index (χ1) is 7.20. The van der Waals surface area contributed by atoms with Gasteiger partial charge in [0, 0.05) is 16.0 Å². The minimum atomic E-state index is 0.693. The molecule has 0 aliphatic heterocycles. The van der Waals surface area contributed by atoms with Crippen molar-refractivity contribution in [3.63, 3.8) is 0 Å². The maximum Gasteiger partial charge on any atom is 0.150 e. The van der Waals surface area contributed by atoms with Crippen molar-refractivity contribution in [1.82, 2.24) is 4.98 Å². The van der Waals surface area contributed by atoms with Crippen molar-refractivity contribution in [2.45, 2.75) is 13.8 Å². The lowest BCUT2D eigenvalue weighted by Gasteiger charge is -1.96. The van der Waals surface area contributed by atoms with Gasteiger partial charge in [0.25, 0.3) is 0 Å². The fraction of sp³-hybridized carbons (Fsp3) is 0.167. The Morgan fingerprint density at radius 1 is 1.33 bits per heavy atom. The molecule has 0 atom stereocenters. The molecule has 1 heterocycles. The van der Waals surface area contributed by atoms with Crippen LogP contribution in [0.5, 0.6) is 0 Å². The Kier molecular flexibility index (Phi) is 2.64. The number of aryl methyl sites for hydroxylation is 2. The van der Waals surface area contributed by atoms with Crippen LogP contribution in [0.15, 0.2) is 24.3 Å². The van der Waals surface area contributed by atoms with Gasteiger partial charge in [-0.25, -0.2) is 4.98 Å². The molecular weight excluding hydrogens is 206 g/mol. The van der Waals surface area contributed by atoms with Gasteiger partial charge < -0.3 is 0 Å². The van der Waals surface area contributed by atoms with E-state index in [2.05, 4.69) is 11.9 Å². The highest BCUT2D eigenvalue weighted by molar-refractivity contribution is 7.15. The van der Waals surface area contributed by atoms with Gasteiger partial charge in [-0.3, -0.25) is 4.79 Å². The van der Waals surface area contributed by atoms with E-state index in [-0.39, 0.29) is 0 Å². The minimum absolute atomic E-state index is 0.693. The van der Waals surface area contributed by atoms with Gasteiger partial charge in [-0.1, -0.05) is 18.2 Å². The number of carbonyl (C=O) groups excluding carboxylic acids is 1. The SMILES string of the molecule is Cc1nc(-c2cccc(C=O)c2)sc1C. The molecule has 0 aliphatic carbocycles. The van der Waals surface area contributed by atoms with Gasteiger partial charge in [-0.05, 0) is 19.9 Å². The summed E-state index contributed by atoms with van der Waals surface area (Å²) in [6, 6.07) is 7.52. The van der Waals surface area contributed by atoms with Crippen LogP contribution >= 0.6 is 11.3 Å². The molecule has 1 aromatic heterocycles. The van der Waals surface area contributed by atoms with Gasteiger partial charge in [0.1, 0.15) is 11.3 Å². The number of carbonyl (C=O) groups is 1. The second-order valence-electron chi connectivity index (χ2n) is 3.40. The number of hydrogen-bond acceptors (Lipinski definition) is 3. The van der Waals surface area contributed by atoms with Gasteiger partial charge >= 0.3 is 0 Å². The molecule has 0 spiro atoms. The highest BCUT2D eigenvalue weighted by atomic mass is 32.1. The van der Waals surface area contributed by atoms with Gasteiger partial charge in [0.2, 0.25) is 0 Å². The monoisotopic (exact) mass is 217 g/mol. The summed E-state index contributed by atoms with van der Waals surface area (Å²) in [7, 11) is 0. The van der Waals surface area contributed by atoms with E-state index in [1.807, 2.05) is 25.1 Å². The molecule has 0 radical (unpaired) electrons. The molecule has 0 saturated heterocycles. The van der Waals surface area contributed by atoms with Gasteiger partial charge in [0.15, 0.2) is 0 Å². The number of benzene rings is 1. The molecule has 0 bridgehead atoms. The lowest BCUT2D eigenvalue weighted by Crippen LogP contribution is -1.81. The molecule has 0 fully saturated rings. The van der Waals surface area contributed by atoms with Crippen molar-refractivity contribution in [3.8, 4) is 10.6 Å². The van der Waals surface area contributed by atoms with Crippen LogP contribution < -0.4 is 0 Å². The third-order valence-electron chi connectivity index (χ3n) is 2.30.